The van der Waals surface area contributed by atoms with Crippen LogP contribution >= 0.6 is 11.6 Å². The molecular weight excluding hydrogens is 340 g/mol. The average molecular weight is 363 g/mol. The highest BCUT2D eigenvalue weighted by Gasteiger charge is 2.20. The van der Waals surface area contributed by atoms with E-state index in [4.69, 9.17) is 16.1 Å². The number of para-hydroxylation sites is 1. The molecule has 1 saturated heterocycles. The van der Waals surface area contributed by atoms with Crippen LogP contribution in [0.15, 0.2) is 28.8 Å². The summed E-state index contributed by atoms with van der Waals surface area (Å²) in [4.78, 5) is 20.9. The van der Waals surface area contributed by atoms with Crippen LogP contribution in [0.1, 0.15) is 31.0 Å². The van der Waals surface area contributed by atoms with Crippen molar-refractivity contribution < 1.29 is 9.32 Å². The molecule has 0 aliphatic carbocycles. The molecular formula is C18H23ClN4O2. The molecule has 25 heavy (non-hydrogen) atoms. The summed E-state index contributed by atoms with van der Waals surface area (Å²) in [5, 5.41) is 4.52. The Morgan fingerprint density at radius 3 is 2.84 bits per heavy atom. The summed E-state index contributed by atoms with van der Waals surface area (Å²) in [6.45, 7) is 5.02. The molecule has 134 valence electrons. The van der Waals surface area contributed by atoms with Gasteiger partial charge in [-0.3, -0.25) is 4.79 Å². The van der Waals surface area contributed by atoms with Crippen LogP contribution in [0.5, 0.6) is 0 Å². The van der Waals surface area contributed by atoms with Crippen LogP contribution in [-0.4, -0.2) is 47.1 Å². The molecule has 3 rings (SSSR count). The maximum atomic E-state index is 12.5. The molecule has 0 unspecified atom stereocenters. The van der Waals surface area contributed by atoms with Crippen molar-refractivity contribution in [2.24, 2.45) is 0 Å². The Bertz CT molecular complexity index is 719. The van der Waals surface area contributed by atoms with Crippen LogP contribution in [0.4, 0.5) is 5.69 Å². The lowest BCUT2D eigenvalue weighted by molar-refractivity contribution is -0.131. The normalized spacial score (nSPS) is 15.3. The molecule has 0 spiro atoms. The van der Waals surface area contributed by atoms with Gasteiger partial charge in [0.15, 0.2) is 5.82 Å². The molecule has 0 saturated carbocycles. The van der Waals surface area contributed by atoms with Gasteiger partial charge in [-0.05, 0) is 31.9 Å². The Hall–Kier alpha value is -2.08. The van der Waals surface area contributed by atoms with Gasteiger partial charge < -0.3 is 14.3 Å². The number of nitrogens with zero attached hydrogens (tertiary/aromatic N) is 4. The van der Waals surface area contributed by atoms with Crippen molar-refractivity contribution >= 4 is 23.2 Å². The van der Waals surface area contributed by atoms with Crippen molar-refractivity contribution in [1.82, 2.24) is 15.0 Å². The Morgan fingerprint density at radius 1 is 1.24 bits per heavy atom. The van der Waals surface area contributed by atoms with E-state index in [1.54, 1.807) is 6.92 Å². The lowest BCUT2D eigenvalue weighted by Crippen LogP contribution is -2.35. The molecule has 2 aromatic rings. The summed E-state index contributed by atoms with van der Waals surface area (Å²) in [5.74, 6) is 1.43. The van der Waals surface area contributed by atoms with E-state index in [0.717, 1.165) is 49.7 Å². The number of carbonyl (C=O) groups is 1. The zero-order valence-electron chi connectivity index (χ0n) is 14.4. The number of aromatic nitrogens is 2. The zero-order chi connectivity index (χ0) is 17.6. The standard InChI is InChI=1S/C18H23ClN4O2/c1-14-20-17(25-21-14)8-4-9-18(24)23-11-5-10-22(12-13-23)16-7-3-2-6-15(16)19/h2-3,6-7H,4-5,8-13H2,1H3. The van der Waals surface area contributed by atoms with E-state index in [1.165, 1.54) is 0 Å². The summed E-state index contributed by atoms with van der Waals surface area (Å²) in [5.41, 5.74) is 1.05. The third-order valence-corrected chi connectivity index (χ3v) is 4.71. The van der Waals surface area contributed by atoms with Gasteiger partial charge in [-0.25, -0.2) is 0 Å². The van der Waals surface area contributed by atoms with Gasteiger partial charge in [0.1, 0.15) is 0 Å². The van der Waals surface area contributed by atoms with E-state index in [9.17, 15) is 4.79 Å². The highest BCUT2D eigenvalue weighted by Crippen LogP contribution is 2.26. The Morgan fingerprint density at radius 2 is 2.08 bits per heavy atom. The molecule has 1 aliphatic heterocycles. The topological polar surface area (TPSA) is 62.5 Å². The zero-order valence-corrected chi connectivity index (χ0v) is 15.2. The van der Waals surface area contributed by atoms with E-state index >= 15 is 0 Å². The smallest absolute Gasteiger partial charge is 0.226 e. The van der Waals surface area contributed by atoms with Gasteiger partial charge in [-0.1, -0.05) is 28.9 Å². The summed E-state index contributed by atoms with van der Waals surface area (Å²) in [6.07, 6.45) is 2.82. The van der Waals surface area contributed by atoms with E-state index in [1.807, 2.05) is 29.2 Å². The molecule has 1 aromatic carbocycles. The minimum absolute atomic E-state index is 0.192. The van der Waals surface area contributed by atoms with Crippen molar-refractivity contribution in [3.05, 3.63) is 41.0 Å². The van der Waals surface area contributed by atoms with Gasteiger partial charge >= 0.3 is 0 Å². The number of halogens is 1. The Balaban J connectivity index is 1.48. The lowest BCUT2D eigenvalue weighted by Gasteiger charge is -2.24. The van der Waals surface area contributed by atoms with Crippen molar-refractivity contribution in [3.63, 3.8) is 0 Å². The summed E-state index contributed by atoms with van der Waals surface area (Å²) in [7, 11) is 0. The molecule has 2 heterocycles. The number of anilines is 1. The molecule has 1 amide bonds. The molecule has 1 fully saturated rings. The van der Waals surface area contributed by atoms with Crippen LogP contribution in [0.3, 0.4) is 0 Å². The number of rotatable bonds is 5. The summed E-state index contributed by atoms with van der Waals surface area (Å²) >= 11 is 6.30. The number of hydrogen-bond donors (Lipinski definition) is 0. The van der Waals surface area contributed by atoms with Crippen LogP contribution in [0.2, 0.25) is 5.02 Å². The lowest BCUT2D eigenvalue weighted by atomic mass is 10.2. The highest BCUT2D eigenvalue weighted by molar-refractivity contribution is 6.33. The Labute approximate surface area is 152 Å². The first-order valence-corrected chi connectivity index (χ1v) is 9.08. The highest BCUT2D eigenvalue weighted by atomic mass is 35.5. The van der Waals surface area contributed by atoms with E-state index in [0.29, 0.717) is 24.6 Å². The summed E-state index contributed by atoms with van der Waals surface area (Å²) < 4.78 is 5.08. The second kappa shape index (κ2) is 8.34. The van der Waals surface area contributed by atoms with Gasteiger partial charge in [0, 0.05) is 39.0 Å². The second-order valence-electron chi connectivity index (χ2n) is 6.26. The van der Waals surface area contributed by atoms with Gasteiger partial charge in [-0.15, -0.1) is 0 Å². The second-order valence-corrected chi connectivity index (χ2v) is 6.67. The number of benzene rings is 1. The molecule has 0 radical (unpaired) electrons. The van der Waals surface area contributed by atoms with Gasteiger partial charge in [0.25, 0.3) is 0 Å². The molecule has 7 heteroatoms. The fourth-order valence-electron chi connectivity index (χ4n) is 3.11. The van der Waals surface area contributed by atoms with Crippen LogP contribution in [0, 0.1) is 6.92 Å². The van der Waals surface area contributed by atoms with E-state index in [-0.39, 0.29) is 5.91 Å². The van der Waals surface area contributed by atoms with Crippen LogP contribution in [0.25, 0.3) is 0 Å². The number of amides is 1. The predicted octanol–water partition coefficient (Wildman–Crippen LogP) is 3.09. The molecule has 0 bridgehead atoms. The SMILES string of the molecule is Cc1noc(CCCC(=O)N2CCCN(c3ccccc3Cl)CC2)n1. The number of carbonyl (C=O) groups excluding carboxylic acids is 1. The Kier molecular flexibility index (Phi) is 5.91. The molecule has 1 aromatic heterocycles. The van der Waals surface area contributed by atoms with Crippen molar-refractivity contribution in [1.29, 1.82) is 0 Å². The average Bonchev–Trinajstić information content (AvgIpc) is 2.87. The third kappa shape index (κ3) is 4.72. The van der Waals surface area contributed by atoms with Crippen molar-refractivity contribution in [2.75, 3.05) is 31.1 Å². The first-order valence-electron chi connectivity index (χ1n) is 8.70. The van der Waals surface area contributed by atoms with Gasteiger partial charge in [0.2, 0.25) is 11.8 Å². The van der Waals surface area contributed by atoms with Crippen LogP contribution < -0.4 is 4.90 Å². The predicted molar refractivity (Wildman–Crippen MR) is 96.8 cm³/mol. The minimum atomic E-state index is 0.192. The largest absolute Gasteiger partial charge is 0.368 e. The molecule has 6 nitrogen and oxygen atoms in total. The maximum absolute atomic E-state index is 12.5. The number of hydrogen-bond acceptors (Lipinski definition) is 5. The van der Waals surface area contributed by atoms with Gasteiger partial charge in [0.05, 0.1) is 10.7 Å². The van der Waals surface area contributed by atoms with E-state index in [2.05, 4.69) is 15.0 Å². The quantitative estimate of drug-likeness (QED) is 0.817. The minimum Gasteiger partial charge on any atom is -0.368 e. The van der Waals surface area contributed by atoms with Crippen molar-refractivity contribution in [3.8, 4) is 0 Å². The third-order valence-electron chi connectivity index (χ3n) is 4.39. The molecule has 0 N–H and O–H groups in total. The van der Waals surface area contributed by atoms with Crippen molar-refractivity contribution in [2.45, 2.75) is 32.6 Å². The number of aryl methyl sites for hydroxylation is 2. The molecule has 1 aliphatic rings. The molecule has 0 atom stereocenters. The maximum Gasteiger partial charge on any atom is 0.226 e. The van der Waals surface area contributed by atoms with Gasteiger partial charge in [-0.2, -0.15) is 4.98 Å². The van der Waals surface area contributed by atoms with E-state index < -0.39 is 0 Å². The summed E-state index contributed by atoms with van der Waals surface area (Å²) in [6, 6.07) is 7.87. The fourth-order valence-corrected chi connectivity index (χ4v) is 3.36. The first-order chi connectivity index (χ1) is 12.1. The van der Waals surface area contributed by atoms with Crippen LogP contribution in [-0.2, 0) is 11.2 Å². The monoisotopic (exact) mass is 362 g/mol. The first kappa shape index (κ1) is 17.7. The fraction of sp³-hybridized carbons (Fsp3) is 0.500.